The van der Waals surface area contributed by atoms with Gasteiger partial charge in [-0.25, -0.2) is 0 Å². The number of likely N-dealkylation sites (tertiary alicyclic amines) is 1. The minimum absolute atomic E-state index is 0.410. The largest absolute Gasteiger partial charge is 0.303 e. The number of hydrogen-bond acceptors (Lipinski definition) is 3. The summed E-state index contributed by atoms with van der Waals surface area (Å²) in [5.41, 5.74) is 1.32. The lowest BCUT2D eigenvalue weighted by atomic mass is 10.0. The number of nitrogens with zero attached hydrogens (tertiary/aromatic N) is 3. The van der Waals surface area contributed by atoms with Crippen molar-refractivity contribution < 1.29 is 4.79 Å². The van der Waals surface area contributed by atoms with E-state index in [0.29, 0.717) is 17.7 Å². The van der Waals surface area contributed by atoms with Gasteiger partial charge in [-0.15, -0.1) is 0 Å². The molecule has 0 amide bonds. The molecule has 1 saturated heterocycles. The molecule has 1 aromatic heterocycles. The number of Topliss-reactive ketones (excluding diaryl/α,β-unsaturated/α-hetero) is 1. The second-order valence-corrected chi connectivity index (χ2v) is 6.52. The van der Waals surface area contributed by atoms with E-state index in [2.05, 4.69) is 41.6 Å². The van der Waals surface area contributed by atoms with Gasteiger partial charge in [-0.05, 0) is 30.7 Å². The van der Waals surface area contributed by atoms with Crippen molar-refractivity contribution in [1.29, 1.82) is 0 Å². The highest BCUT2D eigenvalue weighted by Gasteiger charge is 2.21. The molecule has 0 aromatic carbocycles. The SMILES string of the molecule is CCCC(=O)CCN1CCC(n2cc(C(C)C)cn2)CC1. The number of carbonyl (C=O) groups excluding carboxylic acids is 1. The molecular weight excluding hydrogens is 262 g/mol. The Morgan fingerprint density at radius 2 is 2.05 bits per heavy atom. The second kappa shape index (κ2) is 7.74. The van der Waals surface area contributed by atoms with Crippen LogP contribution in [0.5, 0.6) is 0 Å². The molecule has 0 atom stereocenters. The highest BCUT2D eigenvalue weighted by Crippen LogP contribution is 2.24. The topological polar surface area (TPSA) is 38.1 Å². The number of ketones is 1. The van der Waals surface area contributed by atoms with Crippen molar-refractivity contribution in [3.05, 3.63) is 18.0 Å². The zero-order valence-electron chi connectivity index (χ0n) is 13.7. The first-order valence-electron chi connectivity index (χ1n) is 8.38. The highest BCUT2D eigenvalue weighted by atomic mass is 16.1. The third kappa shape index (κ3) is 4.67. The Morgan fingerprint density at radius 3 is 2.62 bits per heavy atom. The molecule has 0 unspecified atom stereocenters. The molecular formula is C17H29N3O. The quantitative estimate of drug-likeness (QED) is 0.772. The molecule has 0 spiro atoms. The average Bonchev–Trinajstić information content (AvgIpc) is 2.96. The summed E-state index contributed by atoms with van der Waals surface area (Å²) in [5, 5.41) is 4.53. The van der Waals surface area contributed by atoms with E-state index >= 15 is 0 Å². The number of aromatic nitrogens is 2. The smallest absolute Gasteiger partial charge is 0.134 e. The first-order chi connectivity index (χ1) is 10.1. The number of hydrogen-bond donors (Lipinski definition) is 0. The van der Waals surface area contributed by atoms with Crippen molar-refractivity contribution in [3.63, 3.8) is 0 Å². The summed E-state index contributed by atoms with van der Waals surface area (Å²) in [4.78, 5) is 14.0. The van der Waals surface area contributed by atoms with Gasteiger partial charge in [0.15, 0.2) is 0 Å². The predicted molar refractivity (Wildman–Crippen MR) is 85.6 cm³/mol. The summed E-state index contributed by atoms with van der Waals surface area (Å²) in [6.07, 6.45) is 8.91. The molecule has 0 bridgehead atoms. The van der Waals surface area contributed by atoms with E-state index in [1.54, 1.807) is 0 Å². The maximum absolute atomic E-state index is 11.6. The average molecular weight is 291 g/mol. The van der Waals surface area contributed by atoms with E-state index in [0.717, 1.165) is 51.7 Å². The molecule has 1 aliphatic heterocycles. The zero-order valence-corrected chi connectivity index (χ0v) is 13.7. The second-order valence-electron chi connectivity index (χ2n) is 6.52. The fourth-order valence-corrected chi connectivity index (χ4v) is 2.94. The van der Waals surface area contributed by atoms with E-state index in [1.807, 2.05) is 6.20 Å². The van der Waals surface area contributed by atoms with Crippen LogP contribution in [-0.2, 0) is 4.79 Å². The lowest BCUT2D eigenvalue weighted by Gasteiger charge is -2.31. The van der Waals surface area contributed by atoms with Gasteiger partial charge in [0.25, 0.3) is 0 Å². The molecule has 4 nitrogen and oxygen atoms in total. The van der Waals surface area contributed by atoms with Crippen molar-refractivity contribution in [1.82, 2.24) is 14.7 Å². The van der Waals surface area contributed by atoms with Crippen LogP contribution in [0.4, 0.5) is 0 Å². The lowest BCUT2D eigenvalue weighted by molar-refractivity contribution is -0.119. The minimum Gasteiger partial charge on any atom is -0.303 e. The van der Waals surface area contributed by atoms with E-state index in [1.165, 1.54) is 5.56 Å². The summed E-state index contributed by atoms with van der Waals surface area (Å²) >= 11 is 0. The van der Waals surface area contributed by atoms with Gasteiger partial charge in [0.1, 0.15) is 5.78 Å². The van der Waals surface area contributed by atoms with Crippen molar-refractivity contribution in [3.8, 4) is 0 Å². The van der Waals surface area contributed by atoms with E-state index in [4.69, 9.17) is 0 Å². The third-order valence-corrected chi connectivity index (χ3v) is 4.46. The van der Waals surface area contributed by atoms with E-state index in [-0.39, 0.29) is 0 Å². The van der Waals surface area contributed by atoms with Crippen molar-refractivity contribution in [2.45, 2.75) is 64.8 Å². The molecule has 0 saturated carbocycles. The van der Waals surface area contributed by atoms with Crippen molar-refractivity contribution >= 4 is 5.78 Å². The molecule has 1 aliphatic rings. The van der Waals surface area contributed by atoms with Gasteiger partial charge < -0.3 is 4.90 Å². The van der Waals surface area contributed by atoms with Gasteiger partial charge >= 0.3 is 0 Å². The van der Waals surface area contributed by atoms with E-state index in [9.17, 15) is 4.79 Å². The molecule has 0 aliphatic carbocycles. The fourth-order valence-electron chi connectivity index (χ4n) is 2.94. The first kappa shape index (κ1) is 16.2. The molecule has 21 heavy (non-hydrogen) atoms. The van der Waals surface area contributed by atoms with Gasteiger partial charge in [0.2, 0.25) is 0 Å². The molecule has 4 heteroatoms. The van der Waals surface area contributed by atoms with Gasteiger partial charge in [-0.3, -0.25) is 9.48 Å². The molecule has 1 fully saturated rings. The number of rotatable bonds is 7. The van der Waals surface area contributed by atoms with Gasteiger partial charge in [-0.2, -0.15) is 5.10 Å². The summed E-state index contributed by atoms with van der Waals surface area (Å²) in [5.74, 6) is 0.955. The Kier molecular flexibility index (Phi) is 5.97. The van der Waals surface area contributed by atoms with Crippen LogP contribution < -0.4 is 0 Å². The summed E-state index contributed by atoms with van der Waals surface area (Å²) in [7, 11) is 0. The van der Waals surface area contributed by atoms with E-state index < -0.39 is 0 Å². The highest BCUT2D eigenvalue weighted by molar-refractivity contribution is 5.78. The molecule has 1 aromatic rings. The van der Waals surface area contributed by atoms with Crippen LogP contribution in [0.3, 0.4) is 0 Å². The van der Waals surface area contributed by atoms with Crippen LogP contribution >= 0.6 is 0 Å². The third-order valence-electron chi connectivity index (χ3n) is 4.46. The van der Waals surface area contributed by atoms with Crippen LogP contribution in [0, 0.1) is 0 Å². The Balaban J connectivity index is 1.76. The normalized spacial score (nSPS) is 17.5. The molecule has 118 valence electrons. The van der Waals surface area contributed by atoms with Gasteiger partial charge in [-0.1, -0.05) is 20.8 Å². The van der Waals surface area contributed by atoms with Crippen LogP contribution in [0.15, 0.2) is 12.4 Å². The predicted octanol–water partition coefficient (Wildman–Crippen LogP) is 3.40. The summed E-state index contributed by atoms with van der Waals surface area (Å²) in [6, 6.07) is 0.528. The summed E-state index contributed by atoms with van der Waals surface area (Å²) < 4.78 is 2.15. The van der Waals surface area contributed by atoms with Crippen molar-refractivity contribution in [2.24, 2.45) is 0 Å². The number of piperidine rings is 1. The van der Waals surface area contributed by atoms with Crippen LogP contribution in [0.1, 0.15) is 70.4 Å². The Hall–Kier alpha value is -1.16. The molecule has 2 rings (SSSR count). The fraction of sp³-hybridized carbons (Fsp3) is 0.765. The summed E-state index contributed by atoms with van der Waals surface area (Å²) in [6.45, 7) is 9.58. The maximum atomic E-state index is 11.6. The molecule has 2 heterocycles. The van der Waals surface area contributed by atoms with Gasteiger partial charge in [0, 0.05) is 38.7 Å². The monoisotopic (exact) mass is 291 g/mol. The molecule has 0 radical (unpaired) electrons. The Labute approximate surface area is 128 Å². The first-order valence-corrected chi connectivity index (χ1v) is 8.38. The van der Waals surface area contributed by atoms with Crippen LogP contribution in [-0.4, -0.2) is 40.1 Å². The van der Waals surface area contributed by atoms with Gasteiger partial charge in [0.05, 0.1) is 12.2 Å². The Bertz CT molecular complexity index is 445. The van der Waals surface area contributed by atoms with Crippen molar-refractivity contribution in [2.75, 3.05) is 19.6 Å². The number of carbonyl (C=O) groups is 1. The lowest BCUT2D eigenvalue weighted by Crippen LogP contribution is -2.36. The minimum atomic E-state index is 0.410. The maximum Gasteiger partial charge on any atom is 0.134 e. The molecule has 0 N–H and O–H groups in total. The van der Waals surface area contributed by atoms with Crippen LogP contribution in [0.2, 0.25) is 0 Å². The standard InChI is InChI=1S/C17H29N3O/c1-4-5-17(21)8-11-19-9-6-16(7-10-19)20-13-15(12-18-20)14(2)3/h12-14,16H,4-11H2,1-3H3. The Morgan fingerprint density at radius 1 is 1.33 bits per heavy atom. The zero-order chi connectivity index (χ0) is 15.2. The van der Waals surface area contributed by atoms with Crippen LogP contribution in [0.25, 0.3) is 0 Å².